The fraction of sp³-hybridized carbons (Fsp3) is 0. The van der Waals surface area contributed by atoms with Gasteiger partial charge in [0.05, 0.1) is 5.39 Å². The molecule has 0 aliphatic carbocycles. The molecule has 0 saturated carbocycles. The molecule has 5 heteroatoms. The molecule has 0 radical (unpaired) electrons. The van der Waals surface area contributed by atoms with Crippen LogP contribution in [0.3, 0.4) is 0 Å². The van der Waals surface area contributed by atoms with Gasteiger partial charge in [-0.2, -0.15) is 13.8 Å². The second-order valence-corrected chi connectivity index (χ2v) is 5.76. The lowest BCUT2D eigenvalue weighted by Crippen LogP contribution is -2.50. The Morgan fingerprint density at radius 2 is 1.90 bits per heavy atom. The summed E-state index contributed by atoms with van der Waals surface area (Å²) in [5, 5.41) is 1.88. The predicted molar refractivity (Wildman–Crippen MR) is 81.5 cm³/mol. The van der Waals surface area contributed by atoms with Gasteiger partial charge in [0.25, 0.3) is 0 Å². The molecular formula is C16H9BrFN2O+. The zero-order valence-electron chi connectivity index (χ0n) is 10.8. The van der Waals surface area contributed by atoms with Gasteiger partial charge >= 0.3 is 5.69 Å². The summed E-state index contributed by atoms with van der Waals surface area (Å²) in [6.07, 6.45) is 3.39. The molecule has 0 aliphatic rings. The molecule has 4 aromatic rings. The highest BCUT2D eigenvalue weighted by atomic mass is 79.9. The number of para-hydroxylation sites is 1. The zero-order chi connectivity index (χ0) is 14.6. The van der Waals surface area contributed by atoms with Crippen LogP contribution in [0.25, 0.3) is 22.0 Å². The van der Waals surface area contributed by atoms with Crippen LogP contribution in [-0.4, -0.2) is 4.40 Å². The lowest BCUT2D eigenvalue weighted by Gasteiger charge is -2.03. The third-order valence-electron chi connectivity index (χ3n) is 3.59. The number of aromatic nitrogens is 2. The molecule has 2 aromatic carbocycles. The first-order chi connectivity index (χ1) is 10.1. The second-order valence-electron chi connectivity index (χ2n) is 4.85. The minimum absolute atomic E-state index is 0.236. The SMILES string of the molecule is O=c1n2ccc3cccc(c[n+]1-c1ccc(Br)cc1F)c32. The molecule has 2 heterocycles. The van der Waals surface area contributed by atoms with Gasteiger partial charge in [-0.1, -0.05) is 28.1 Å². The number of hydrogen-bond acceptors (Lipinski definition) is 1. The van der Waals surface area contributed by atoms with Gasteiger partial charge in [0.1, 0.15) is 12.4 Å². The van der Waals surface area contributed by atoms with Crippen molar-refractivity contribution in [2.75, 3.05) is 0 Å². The quantitative estimate of drug-likeness (QED) is 0.487. The number of rotatable bonds is 1. The average Bonchev–Trinajstić information content (AvgIpc) is 2.89. The molecule has 2 aromatic heterocycles. The summed E-state index contributed by atoms with van der Waals surface area (Å²) in [5.41, 5.74) is 0.806. The second kappa shape index (κ2) is 4.36. The summed E-state index contributed by atoms with van der Waals surface area (Å²) < 4.78 is 17.7. The van der Waals surface area contributed by atoms with E-state index in [-0.39, 0.29) is 11.4 Å². The summed E-state index contributed by atoms with van der Waals surface area (Å²) in [4.78, 5) is 12.6. The molecule has 102 valence electrons. The molecule has 4 rings (SSSR count). The van der Waals surface area contributed by atoms with Crippen molar-refractivity contribution in [2.24, 2.45) is 0 Å². The average molecular weight is 344 g/mol. The number of nitrogens with zero attached hydrogens (tertiary/aromatic N) is 2. The molecule has 0 saturated heterocycles. The van der Waals surface area contributed by atoms with Gasteiger partial charge in [-0.3, -0.25) is 0 Å². The largest absolute Gasteiger partial charge is 0.508 e. The van der Waals surface area contributed by atoms with Gasteiger partial charge in [-0.05, 0) is 30.3 Å². The molecule has 0 amide bonds. The molecule has 0 aliphatic heterocycles. The van der Waals surface area contributed by atoms with E-state index in [1.165, 1.54) is 10.6 Å². The smallest absolute Gasteiger partial charge is 0.202 e. The summed E-state index contributed by atoms with van der Waals surface area (Å²) >= 11 is 3.22. The molecule has 0 spiro atoms. The van der Waals surface area contributed by atoms with Crippen LogP contribution in [0.5, 0.6) is 0 Å². The van der Waals surface area contributed by atoms with E-state index in [1.807, 2.05) is 24.3 Å². The topological polar surface area (TPSA) is 25.4 Å². The summed E-state index contributed by atoms with van der Waals surface area (Å²) in [6.45, 7) is 0. The molecule has 0 bridgehead atoms. The molecule has 3 nitrogen and oxygen atoms in total. The normalized spacial score (nSPS) is 11.5. The van der Waals surface area contributed by atoms with E-state index in [0.717, 1.165) is 16.3 Å². The number of benzene rings is 2. The van der Waals surface area contributed by atoms with Crippen molar-refractivity contribution in [1.29, 1.82) is 0 Å². The van der Waals surface area contributed by atoms with Crippen molar-refractivity contribution in [2.45, 2.75) is 0 Å². The van der Waals surface area contributed by atoms with Crippen LogP contribution < -0.4 is 10.3 Å². The predicted octanol–water partition coefficient (Wildman–Crippen LogP) is 3.07. The maximum atomic E-state index is 14.1. The highest BCUT2D eigenvalue weighted by Crippen LogP contribution is 2.20. The van der Waals surface area contributed by atoms with E-state index in [9.17, 15) is 9.18 Å². The zero-order valence-corrected chi connectivity index (χ0v) is 12.3. The lowest BCUT2D eigenvalue weighted by molar-refractivity contribution is -0.616. The third kappa shape index (κ3) is 1.77. The van der Waals surface area contributed by atoms with Gasteiger partial charge in [-0.15, -0.1) is 0 Å². The van der Waals surface area contributed by atoms with Gasteiger partial charge in [0.15, 0.2) is 17.0 Å². The van der Waals surface area contributed by atoms with Crippen molar-refractivity contribution in [3.8, 4) is 5.69 Å². The molecule has 0 fully saturated rings. The molecule has 0 atom stereocenters. The van der Waals surface area contributed by atoms with E-state index in [4.69, 9.17) is 0 Å². The summed E-state index contributed by atoms with van der Waals surface area (Å²) in [7, 11) is 0. The highest BCUT2D eigenvalue weighted by molar-refractivity contribution is 9.10. The van der Waals surface area contributed by atoms with E-state index in [0.29, 0.717) is 4.47 Å². The Bertz CT molecular complexity index is 1040. The Hall–Kier alpha value is -2.27. The minimum atomic E-state index is -0.447. The lowest BCUT2D eigenvalue weighted by atomic mass is 10.2. The van der Waals surface area contributed by atoms with E-state index >= 15 is 0 Å². The Labute approximate surface area is 127 Å². The fourth-order valence-corrected chi connectivity index (χ4v) is 2.98. The van der Waals surface area contributed by atoms with Crippen LogP contribution in [0.15, 0.2) is 64.1 Å². The first kappa shape index (κ1) is 12.5. The maximum absolute atomic E-state index is 14.1. The van der Waals surface area contributed by atoms with Crippen molar-refractivity contribution in [1.82, 2.24) is 4.40 Å². The van der Waals surface area contributed by atoms with Crippen LogP contribution in [0.4, 0.5) is 4.39 Å². The fourth-order valence-electron chi connectivity index (χ4n) is 2.65. The maximum Gasteiger partial charge on any atom is 0.508 e. The van der Waals surface area contributed by atoms with E-state index < -0.39 is 5.82 Å². The minimum Gasteiger partial charge on any atom is -0.202 e. The highest BCUT2D eigenvalue weighted by Gasteiger charge is 2.20. The Kier molecular flexibility index (Phi) is 2.59. The standard InChI is InChI=1S/C16H9BrFN2O/c17-12-4-5-14(13(18)8-12)20-9-11-3-1-2-10-6-7-19(15(10)11)16(20)21/h1-9H/q+1. The summed E-state index contributed by atoms with van der Waals surface area (Å²) in [5.74, 6) is -0.447. The van der Waals surface area contributed by atoms with Crippen molar-refractivity contribution in [3.63, 3.8) is 0 Å². The van der Waals surface area contributed by atoms with Gasteiger partial charge in [0, 0.05) is 9.86 Å². The first-order valence-corrected chi connectivity index (χ1v) is 7.18. The van der Waals surface area contributed by atoms with Crippen LogP contribution in [0, 0.1) is 5.82 Å². The first-order valence-electron chi connectivity index (χ1n) is 6.39. The third-order valence-corrected chi connectivity index (χ3v) is 4.09. The van der Waals surface area contributed by atoms with Gasteiger partial charge in [-0.25, -0.2) is 4.39 Å². The Morgan fingerprint density at radius 3 is 2.71 bits per heavy atom. The van der Waals surface area contributed by atoms with Crippen LogP contribution in [-0.2, 0) is 0 Å². The number of halogens is 2. The number of hydrogen-bond donors (Lipinski definition) is 0. The van der Waals surface area contributed by atoms with Crippen molar-refractivity contribution < 1.29 is 8.96 Å². The van der Waals surface area contributed by atoms with Crippen LogP contribution >= 0.6 is 15.9 Å². The molecule has 0 unspecified atom stereocenters. The van der Waals surface area contributed by atoms with Crippen LogP contribution in [0.2, 0.25) is 0 Å². The summed E-state index contributed by atoms with van der Waals surface area (Å²) in [6, 6.07) is 12.3. The molecule has 21 heavy (non-hydrogen) atoms. The molecule has 0 N–H and O–H groups in total. The Morgan fingerprint density at radius 1 is 1.10 bits per heavy atom. The van der Waals surface area contributed by atoms with E-state index in [1.54, 1.807) is 28.9 Å². The Balaban J connectivity index is 2.14. The van der Waals surface area contributed by atoms with Crippen molar-refractivity contribution >= 4 is 32.2 Å². The monoisotopic (exact) mass is 343 g/mol. The van der Waals surface area contributed by atoms with Gasteiger partial charge in [0.2, 0.25) is 0 Å². The van der Waals surface area contributed by atoms with Crippen molar-refractivity contribution in [3.05, 3.63) is 75.6 Å². The van der Waals surface area contributed by atoms with Gasteiger partial charge < -0.3 is 0 Å². The van der Waals surface area contributed by atoms with E-state index in [2.05, 4.69) is 15.9 Å². The molecular weight excluding hydrogens is 335 g/mol. The van der Waals surface area contributed by atoms with Crippen LogP contribution in [0.1, 0.15) is 0 Å².